The van der Waals surface area contributed by atoms with Gasteiger partial charge in [-0.15, -0.1) is 12.4 Å². The third kappa shape index (κ3) is 11.7. The summed E-state index contributed by atoms with van der Waals surface area (Å²) in [5, 5.41) is 8.56. The highest BCUT2D eigenvalue weighted by molar-refractivity contribution is 6.28. The average Bonchev–Trinajstić information content (AvgIpc) is 3.27. The van der Waals surface area contributed by atoms with Gasteiger partial charge in [-0.25, -0.2) is 37.5 Å². The first-order valence-corrected chi connectivity index (χ1v) is 18.8. The van der Waals surface area contributed by atoms with Crippen LogP contribution in [0.3, 0.4) is 0 Å². The van der Waals surface area contributed by atoms with Crippen LogP contribution in [-0.4, -0.2) is 59.2 Å². The Balaban J connectivity index is 0.000000198. The van der Waals surface area contributed by atoms with E-state index in [1.807, 2.05) is 12.1 Å². The van der Waals surface area contributed by atoms with Crippen LogP contribution in [0.1, 0.15) is 56.8 Å². The maximum absolute atomic E-state index is 13.4. The number of hydrogen-bond acceptors (Lipinski definition) is 12. The predicted octanol–water partition coefficient (Wildman–Crippen LogP) is 8.51. The molecule has 0 fully saturated rings. The lowest BCUT2D eigenvalue weighted by Crippen LogP contribution is -2.24. The molecular weight excluding hydrogens is 859 g/mol. The van der Waals surface area contributed by atoms with E-state index in [2.05, 4.69) is 35.9 Å². The average molecular weight is 898 g/mol. The van der Waals surface area contributed by atoms with Gasteiger partial charge < -0.3 is 40.6 Å². The summed E-state index contributed by atoms with van der Waals surface area (Å²) in [5.41, 5.74) is 8.47. The number of rotatable bonds is 8. The summed E-state index contributed by atoms with van der Waals surface area (Å²) >= 11 is 5.39. The number of nitrogens with two attached hydrogens (primary N) is 1. The second-order valence-corrected chi connectivity index (χ2v) is 13.4. The van der Waals surface area contributed by atoms with E-state index in [9.17, 15) is 27.2 Å². The first kappa shape index (κ1) is 46.3. The second-order valence-electron chi connectivity index (χ2n) is 13.0. The fourth-order valence-corrected chi connectivity index (χ4v) is 6.08. The molecule has 4 aromatic carbocycles. The molecular formula is C42H38Cl2F4N8O6. The van der Waals surface area contributed by atoms with Gasteiger partial charge in [0.1, 0.15) is 11.5 Å². The van der Waals surface area contributed by atoms with Crippen LogP contribution in [0.4, 0.5) is 34.9 Å². The highest BCUT2D eigenvalue weighted by Crippen LogP contribution is 2.37. The van der Waals surface area contributed by atoms with Crippen LogP contribution in [0.15, 0.2) is 97.6 Å². The summed E-state index contributed by atoms with van der Waals surface area (Å²) in [6, 6.07) is 16.3. The minimum atomic E-state index is -1.04. The molecule has 2 aliphatic rings. The maximum atomic E-state index is 13.4. The Kier molecular flexibility index (Phi) is 16.2. The van der Waals surface area contributed by atoms with Crippen molar-refractivity contribution in [1.82, 2.24) is 19.9 Å². The summed E-state index contributed by atoms with van der Waals surface area (Å²) < 4.78 is 73.8. The highest BCUT2D eigenvalue weighted by Gasteiger charge is 2.27. The predicted molar refractivity (Wildman–Crippen MR) is 224 cm³/mol. The minimum absolute atomic E-state index is 0. The number of halogens is 6. The molecule has 0 saturated heterocycles. The Labute approximate surface area is 363 Å². The van der Waals surface area contributed by atoms with E-state index < -0.39 is 35.1 Å². The number of carbonyl (C=O) groups is 2. The molecule has 5 N–H and O–H groups in total. The zero-order chi connectivity index (χ0) is 43.5. The van der Waals surface area contributed by atoms with Crippen molar-refractivity contribution < 1.29 is 46.1 Å². The molecule has 0 radical (unpaired) electrons. The van der Waals surface area contributed by atoms with Crippen molar-refractivity contribution in [2.45, 2.75) is 24.9 Å². The van der Waals surface area contributed by atoms with E-state index in [1.54, 1.807) is 43.8 Å². The van der Waals surface area contributed by atoms with Crippen LogP contribution in [0, 0.1) is 23.3 Å². The molecule has 0 bridgehead atoms. The van der Waals surface area contributed by atoms with E-state index >= 15 is 0 Å². The Morgan fingerprint density at radius 3 is 1.65 bits per heavy atom. The normalized spacial score (nSPS) is 14.5. The lowest BCUT2D eigenvalue weighted by molar-refractivity contribution is 0.101. The van der Waals surface area contributed by atoms with Crippen LogP contribution in [0.25, 0.3) is 0 Å². The number of carbonyl (C=O) groups excluding carboxylic acids is 2. The first-order chi connectivity index (χ1) is 29.4. The third-order valence-electron chi connectivity index (χ3n) is 9.04. The largest absolute Gasteiger partial charge is 0.494 e. The number of fused-ring (bicyclic) bond motifs is 2. The summed E-state index contributed by atoms with van der Waals surface area (Å²) in [6.45, 7) is 0.819. The summed E-state index contributed by atoms with van der Waals surface area (Å²) in [7, 11) is 3.08. The number of ether oxygens (including phenoxy) is 4. The fourth-order valence-electron chi connectivity index (χ4n) is 5.99. The van der Waals surface area contributed by atoms with Gasteiger partial charge in [0, 0.05) is 53.5 Å². The van der Waals surface area contributed by atoms with Crippen molar-refractivity contribution in [2.75, 3.05) is 43.4 Å². The smallest absolute Gasteiger partial charge is 0.259 e. The number of anilines is 3. The first-order valence-electron chi connectivity index (χ1n) is 18.4. The van der Waals surface area contributed by atoms with Crippen LogP contribution < -0.4 is 40.6 Å². The van der Waals surface area contributed by atoms with Crippen LogP contribution in [0.5, 0.6) is 23.0 Å². The summed E-state index contributed by atoms with van der Waals surface area (Å²) in [6.07, 6.45) is 7.46. The second kappa shape index (κ2) is 21.7. The summed E-state index contributed by atoms with van der Waals surface area (Å²) in [5.74, 6) is -2.51. The number of nitrogens with zero attached hydrogens (tertiary/aromatic N) is 4. The van der Waals surface area contributed by atoms with Gasteiger partial charge in [0.15, 0.2) is 34.8 Å². The van der Waals surface area contributed by atoms with E-state index in [1.165, 1.54) is 31.6 Å². The van der Waals surface area contributed by atoms with E-state index in [4.69, 9.17) is 36.3 Å². The fraction of sp³-hybridized carbons (Fsp3) is 0.190. The molecule has 0 spiro atoms. The summed E-state index contributed by atoms with van der Waals surface area (Å²) in [4.78, 5) is 40.9. The van der Waals surface area contributed by atoms with Crippen molar-refractivity contribution >= 4 is 53.1 Å². The molecule has 0 saturated carbocycles. The quantitative estimate of drug-likeness (QED) is 0.0845. The SMILES string of the molecule is COc1cnc(Cl)nc1.COc1cnc(N[C@H]2CCOc3c(C(=O)Nc4ccc(F)c(F)c4)cccc32)nc1.Cl.N[C@H]1CCOc2c(C(=O)Nc3ccc(F)c(F)c3)cccc21. The third-order valence-corrected chi connectivity index (χ3v) is 9.23. The molecule has 8 rings (SSSR count). The number of aromatic nitrogens is 4. The van der Waals surface area contributed by atoms with Crippen LogP contribution in [0.2, 0.25) is 5.28 Å². The maximum Gasteiger partial charge on any atom is 0.259 e. The minimum Gasteiger partial charge on any atom is -0.494 e. The Hall–Kier alpha value is -6.76. The van der Waals surface area contributed by atoms with Gasteiger partial charge in [-0.3, -0.25) is 9.59 Å². The number of benzene rings is 4. The van der Waals surface area contributed by atoms with Gasteiger partial charge in [-0.05, 0) is 48.0 Å². The number of amides is 2. The van der Waals surface area contributed by atoms with Crippen LogP contribution in [-0.2, 0) is 0 Å². The van der Waals surface area contributed by atoms with E-state index in [-0.39, 0.29) is 41.1 Å². The molecule has 2 aliphatic heterocycles. The molecule has 324 valence electrons. The number of para-hydroxylation sites is 2. The van der Waals surface area contributed by atoms with Gasteiger partial charge in [0.25, 0.3) is 11.8 Å². The molecule has 2 amide bonds. The van der Waals surface area contributed by atoms with Crippen molar-refractivity contribution in [2.24, 2.45) is 5.73 Å². The Bertz CT molecular complexity index is 2490. The molecule has 4 heterocycles. The van der Waals surface area contributed by atoms with Gasteiger partial charge in [-0.1, -0.05) is 24.3 Å². The standard InChI is InChI=1S/C21H18F2N4O3.C16H14F2N2O2.C5H5ClN2O.ClH/c1-29-13-10-24-21(25-11-13)27-18-7-8-30-19-14(18)3-2-4-15(19)20(28)26-12-5-6-16(22)17(23)9-12;17-12-5-4-9(8-13(12)18)20-16(21)11-3-1-2-10-14(19)6-7-22-15(10)11;1-9-4-2-7-5(6)8-3-4;/h2-6,9-11,18H,7-8H2,1H3,(H,26,28)(H,24,25,27);1-5,8,14H,6-7,19H2,(H,20,21);2-3H,1H3;1H/t18-;14-;;/m00../s1. The molecule has 20 heteroatoms. The highest BCUT2D eigenvalue weighted by atomic mass is 35.5. The molecule has 0 aliphatic carbocycles. The lowest BCUT2D eigenvalue weighted by Gasteiger charge is -2.28. The van der Waals surface area contributed by atoms with E-state index in [0.29, 0.717) is 66.1 Å². The lowest BCUT2D eigenvalue weighted by atomic mass is 9.97. The van der Waals surface area contributed by atoms with Gasteiger partial charge in [-0.2, -0.15) is 0 Å². The van der Waals surface area contributed by atoms with Crippen LogP contribution >= 0.6 is 24.0 Å². The monoisotopic (exact) mass is 896 g/mol. The van der Waals surface area contributed by atoms with Gasteiger partial charge >= 0.3 is 0 Å². The number of hydrogen-bond donors (Lipinski definition) is 4. The number of nitrogens with one attached hydrogen (secondary N) is 3. The topological polar surface area (TPSA) is 185 Å². The molecule has 6 aromatic rings. The van der Waals surface area contributed by atoms with Gasteiger partial charge in [0.2, 0.25) is 11.2 Å². The zero-order valence-corrected chi connectivity index (χ0v) is 34.4. The molecule has 0 unspecified atom stereocenters. The molecule has 2 atom stereocenters. The van der Waals surface area contributed by atoms with Crippen molar-refractivity contribution in [3.63, 3.8) is 0 Å². The molecule has 62 heavy (non-hydrogen) atoms. The zero-order valence-electron chi connectivity index (χ0n) is 32.8. The van der Waals surface area contributed by atoms with Gasteiger partial charge in [0.05, 0.1) is 69.4 Å². The van der Waals surface area contributed by atoms with Crippen molar-refractivity contribution in [1.29, 1.82) is 0 Å². The van der Waals surface area contributed by atoms with Crippen molar-refractivity contribution in [3.05, 3.63) is 148 Å². The molecule has 2 aromatic heterocycles. The molecule has 14 nitrogen and oxygen atoms in total. The number of methoxy groups -OCH3 is 2. The Morgan fingerprint density at radius 1 is 0.677 bits per heavy atom. The van der Waals surface area contributed by atoms with Crippen molar-refractivity contribution in [3.8, 4) is 23.0 Å². The Morgan fingerprint density at radius 2 is 1.15 bits per heavy atom. The van der Waals surface area contributed by atoms with E-state index in [0.717, 1.165) is 35.4 Å².